The van der Waals surface area contributed by atoms with Gasteiger partial charge in [0, 0.05) is 31.0 Å². The third-order valence-electron chi connectivity index (χ3n) is 5.59. The van der Waals surface area contributed by atoms with E-state index in [2.05, 4.69) is 25.5 Å². The highest BCUT2D eigenvalue weighted by molar-refractivity contribution is 5.95. The molecule has 0 bridgehead atoms. The van der Waals surface area contributed by atoms with Crippen LogP contribution in [0.2, 0.25) is 0 Å². The average Bonchev–Trinajstić information content (AvgIpc) is 3.10. The maximum absolute atomic E-state index is 12.5. The van der Waals surface area contributed by atoms with Crippen molar-refractivity contribution in [3.63, 3.8) is 0 Å². The van der Waals surface area contributed by atoms with E-state index in [1.54, 1.807) is 16.8 Å². The fourth-order valence-corrected chi connectivity index (χ4v) is 4.10. The monoisotopic (exact) mass is 406 g/mol. The quantitative estimate of drug-likeness (QED) is 0.685. The number of fused-ring (bicyclic) bond motifs is 1. The Morgan fingerprint density at radius 1 is 1.07 bits per heavy atom. The summed E-state index contributed by atoms with van der Waals surface area (Å²) < 4.78 is 7.03. The van der Waals surface area contributed by atoms with Gasteiger partial charge in [0.15, 0.2) is 11.6 Å². The molecule has 1 aromatic carbocycles. The zero-order valence-corrected chi connectivity index (χ0v) is 16.6. The number of aromatic hydroxyl groups is 1. The van der Waals surface area contributed by atoms with Crippen LogP contribution in [0.3, 0.4) is 0 Å². The predicted octanol–water partition coefficient (Wildman–Crippen LogP) is 1.99. The first kappa shape index (κ1) is 18.6. The molecule has 9 heteroatoms. The molecule has 0 aliphatic carbocycles. The Kier molecular flexibility index (Phi) is 4.59. The van der Waals surface area contributed by atoms with Crippen LogP contribution < -0.4 is 10.2 Å². The predicted molar refractivity (Wildman–Crippen MR) is 110 cm³/mol. The molecule has 1 atom stereocenters. The van der Waals surface area contributed by atoms with E-state index in [0.29, 0.717) is 31.3 Å². The van der Waals surface area contributed by atoms with Gasteiger partial charge in [0.25, 0.3) is 0 Å². The summed E-state index contributed by atoms with van der Waals surface area (Å²) >= 11 is 0. The lowest BCUT2D eigenvalue weighted by atomic mass is 9.86. The van der Waals surface area contributed by atoms with Crippen LogP contribution in [0.25, 0.3) is 5.82 Å². The van der Waals surface area contributed by atoms with Crippen molar-refractivity contribution < 1.29 is 14.6 Å². The van der Waals surface area contributed by atoms with Crippen LogP contribution in [0.1, 0.15) is 29.2 Å². The van der Waals surface area contributed by atoms with E-state index in [-0.39, 0.29) is 17.6 Å². The SMILES string of the molecule is Cc1nn(-c2ccc(N3CCOCC3)nn2)c2c1[C@H](c1ccc(O)cc1)CC(=O)N2. The largest absolute Gasteiger partial charge is 0.508 e. The molecule has 2 aromatic heterocycles. The number of aromatic nitrogens is 4. The number of morpholine rings is 1. The van der Waals surface area contributed by atoms with Gasteiger partial charge in [-0.15, -0.1) is 10.2 Å². The van der Waals surface area contributed by atoms with Crippen LogP contribution in [0, 0.1) is 6.92 Å². The number of nitrogens with zero attached hydrogens (tertiary/aromatic N) is 5. The number of phenols is 1. The zero-order chi connectivity index (χ0) is 20.7. The summed E-state index contributed by atoms with van der Waals surface area (Å²) in [5.74, 6) is 1.94. The first-order chi connectivity index (χ1) is 14.6. The van der Waals surface area contributed by atoms with E-state index in [1.165, 1.54) is 0 Å². The van der Waals surface area contributed by atoms with Crippen molar-refractivity contribution in [2.24, 2.45) is 0 Å². The van der Waals surface area contributed by atoms with Crippen LogP contribution in [0.5, 0.6) is 5.75 Å². The normalized spacial score (nSPS) is 18.8. The number of phenolic OH excluding ortho intramolecular Hbond substituents is 1. The highest BCUT2D eigenvalue weighted by Gasteiger charge is 2.33. The van der Waals surface area contributed by atoms with Crippen molar-refractivity contribution in [1.29, 1.82) is 0 Å². The third-order valence-corrected chi connectivity index (χ3v) is 5.59. The molecule has 2 aliphatic rings. The van der Waals surface area contributed by atoms with Crippen molar-refractivity contribution >= 4 is 17.5 Å². The second kappa shape index (κ2) is 7.42. The topological polar surface area (TPSA) is 105 Å². The summed E-state index contributed by atoms with van der Waals surface area (Å²) in [7, 11) is 0. The molecule has 1 fully saturated rings. The second-order valence-corrected chi connectivity index (χ2v) is 7.51. The minimum Gasteiger partial charge on any atom is -0.508 e. The van der Waals surface area contributed by atoms with Gasteiger partial charge in [-0.2, -0.15) is 9.78 Å². The van der Waals surface area contributed by atoms with Gasteiger partial charge in [0.2, 0.25) is 5.91 Å². The first-order valence-corrected chi connectivity index (χ1v) is 9.95. The Hall–Kier alpha value is -3.46. The van der Waals surface area contributed by atoms with Crippen molar-refractivity contribution in [2.75, 3.05) is 36.5 Å². The number of carbonyl (C=O) groups excluding carboxylic acids is 1. The maximum atomic E-state index is 12.5. The second-order valence-electron chi connectivity index (χ2n) is 7.51. The molecule has 3 aromatic rings. The van der Waals surface area contributed by atoms with Crippen LogP contribution in [0.4, 0.5) is 11.6 Å². The summed E-state index contributed by atoms with van der Waals surface area (Å²) in [5, 5.41) is 25.9. The van der Waals surface area contributed by atoms with Gasteiger partial charge in [-0.25, -0.2) is 0 Å². The molecule has 0 radical (unpaired) electrons. The first-order valence-electron chi connectivity index (χ1n) is 9.95. The van der Waals surface area contributed by atoms with Gasteiger partial charge < -0.3 is 20.1 Å². The highest BCUT2D eigenvalue weighted by Crippen LogP contribution is 2.40. The van der Waals surface area contributed by atoms with Gasteiger partial charge in [-0.05, 0) is 36.8 Å². The van der Waals surface area contributed by atoms with E-state index in [9.17, 15) is 9.90 Å². The van der Waals surface area contributed by atoms with Crippen LogP contribution >= 0.6 is 0 Å². The number of benzene rings is 1. The maximum Gasteiger partial charge on any atom is 0.226 e. The summed E-state index contributed by atoms with van der Waals surface area (Å²) in [6, 6.07) is 10.7. The molecule has 0 unspecified atom stereocenters. The van der Waals surface area contributed by atoms with Crippen molar-refractivity contribution in [2.45, 2.75) is 19.3 Å². The smallest absolute Gasteiger partial charge is 0.226 e. The number of hydrogen-bond acceptors (Lipinski definition) is 7. The molecule has 2 aliphatic heterocycles. The van der Waals surface area contributed by atoms with E-state index in [0.717, 1.165) is 35.7 Å². The molecular formula is C21H22N6O3. The Morgan fingerprint density at radius 3 is 2.47 bits per heavy atom. The molecule has 0 spiro atoms. The van der Waals surface area contributed by atoms with Crippen molar-refractivity contribution in [3.05, 3.63) is 53.2 Å². The number of hydrogen-bond donors (Lipinski definition) is 2. The molecule has 9 nitrogen and oxygen atoms in total. The molecular weight excluding hydrogens is 384 g/mol. The molecule has 0 saturated carbocycles. The van der Waals surface area contributed by atoms with Gasteiger partial charge in [0.05, 0.1) is 18.9 Å². The Labute approximate surface area is 173 Å². The number of carbonyl (C=O) groups is 1. The number of anilines is 2. The minimum absolute atomic E-state index is 0.0837. The van der Waals surface area contributed by atoms with Crippen LogP contribution in [-0.2, 0) is 9.53 Å². The summed E-state index contributed by atoms with van der Waals surface area (Å²) in [4.78, 5) is 14.6. The molecule has 1 amide bonds. The number of aryl methyl sites for hydroxylation is 1. The van der Waals surface area contributed by atoms with Gasteiger partial charge in [-0.1, -0.05) is 12.1 Å². The molecule has 154 valence electrons. The molecule has 2 N–H and O–H groups in total. The van der Waals surface area contributed by atoms with E-state index < -0.39 is 0 Å². The highest BCUT2D eigenvalue weighted by atomic mass is 16.5. The molecule has 1 saturated heterocycles. The molecule has 4 heterocycles. The Morgan fingerprint density at radius 2 is 1.77 bits per heavy atom. The number of amides is 1. The van der Waals surface area contributed by atoms with Gasteiger partial charge in [0.1, 0.15) is 11.6 Å². The van der Waals surface area contributed by atoms with Gasteiger partial charge in [-0.3, -0.25) is 4.79 Å². The molecule has 5 rings (SSSR count). The van der Waals surface area contributed by atoms with E-state index in [4.69, 9.17) is 4.74 Å². The van der Waals surface area contributed by atoms with Crippen molar-refractivity contribution in [3.8, 4) is 11.6 Å². The number of nitrogens with one attached hydrogen (secondary N) is 1. The summed E-state index contributed by atoms with van der Waals surface area (Å²) in [6.45, 7) is 4.86. The van der Waals surface area contributed by atoms with Crippen molar-refractivity contribution in [1.82, 2.24) is 20.0 Å². The molecule has 30 heavy (non-hydrogen) atoms. The summed E-state index contributed by atoms with van der Waals surface area (Å²) in [5.41, 5.74) is 2.74. The average molecular weight is 406 g/mol. The lowest BCUT2D eigenvalue weighted by Crippen LogP contribution is -2.36. The third kappa shape index (κ3) is 3.26. The Bertz CT molecular complexity index is 1070. The van der Waals surface area contributed by atoms with Crippen LogP contribution in [0.15, 0.2) is 36.4 Å². The van der Waals surface area contributed by atoms with E-state index >= 15 is 0 Å². The zero-order valence-electron chi connectivity index (χ0n) is 16.6. The fraction of sp³-hybridized carbons (Fsp3) is 0.333. The number of rotatable bonds is 3. The summed E-state index contributed by atoms with van der Waals surface area (Å²) in [6.07, 6.45) is 0.325. The Balaban J connectivity index is 1.51. The van der Waals surface area contributed by atoms with E-state index in [1.807, 2.05) is 31.2 Å². The van der Waals surface area contributed by atoms with Crippen LogP contribution in [-0.4, -0.2) is 57.3 Å². The number of ether oxygens (including phenoxy) is 1. The lowest BCUT2D eigenvalue weighted by molar-refractivity contribution is -0.116. The van der Waals surface area contributed by atoms with Gasteiger partial charge >= 0.3 is 0 Å². The fourth-order valence-electron chi connectivity index (χ4n) is 4.10. The minimum atomic E-state index is -0.135. The lowest BCUT2D eigenvalue weighted by Gasteiger charge is -2.27. The standard InChI is InChI=1S/C21H22N6O3/c1-13-20-16(14-2-4-15(28)5-3-14)12-19(29)22-21(20)27(25-13)18-7-6-17(23-24-18)26-8-10-30-11-9-26/h2-7,16,28H,8-12H2,1H3,(H,22,29)/t16-/m0/s1.